The SMILES string of the molecule is CCCNC(=O)N1CCC2(CC1)CC(CNC(=O)c1ccncc1)CCO2. The molecular formula is C20H30N4O3. The van der Waals surface area contributed by atoms with Gasteiger partial charge in [0.05, 0.1) is 5.60 Å². The average molecular weight is 374 g/mol. The summed E-state index contributed by atoms with van der Waals surface area (Å²) < 4.78 is 6.16. The molecule has 2 aliphatic heterocycles. The number of piperidine rings is 1. The zero-order valence-electron chi connectivity index (χ0n) is 16.1. The molecule has 7 nitrogen and oxygen atoms in total. The number of pyridine rings is 1. The van der Waals surface area contributed by atoms with E-state index < -0.39 is 0 Å². The summed E-state index contributed by atoms with van der Waals surface area (Å²) in [6, 6.07) is 3.48. The van der Waals surface area contributed by atoms with E-state index in [0.717, 1.165) is 58.3 Å². The van der Waals surface area contributed by atoms with Gasteiger partial charge in [-0.25, -0.2) is 4.79 Å². The van der Waals surface area contributed by atoms with E-state index in [1.54, 1.807) is 24.5 Å². The lowest BCUT2D eigenvalue weighted by atomic mass is 9.79. The third-order valence-corrected chi connectivity index (χ3v) is 5.58. The van der Waals surface area contributed by atoms with Crippen molar-refractivity contribution in [2.75, 3.05) is 32.8 Å². The second-order valence-corrected chi connectivity index (χ2v) is 7.56. The summed E-state index contributed by atoms with van der Waals surface area (Å²) in [6.07, 6.45) is 7.82. The predicted octanol–water partition coefficient (Wildman–Crippen LogP) is 2.19. The Hall–Kier alpha value is -2.15. The van der Waals surface area contributed by atoms with Gasteiger partial charge in [0, 0.05) is 50.7 Å². The minimum atomic E-state index is -0.147. The molecule has 0 radical (unpaired) electrons. The second kappa shape index (κ2) is 9.17. The van der Waals surface area contributed by atoms with Gasteiger partial charge < -0.3 is 20.3 Å². The van der Waals surface area contributed by atoms with Crippen LogP contribution in [0.3, 0.4) is 0 Å². The Morgan fingerprint density at radius 3 is 2.70 bits per heavy atom. The Labute approximate surface area is 160 Å². The fraction of sp³-hybridized carbons (Fsp3) is 0.650. The van der Waals surface area contributed by atoms with Crippen LogP contribution in [-0.4, -0.2) is 60.2 Å². The summed E-state index contributed by atoms with van der Waals surface area (Å²) in [5.41, 5.74) is 0.490. The molecule has 3 rings (SSSR count). The van der Waals surface area contributed by atoms with Gasteiger partial charge in [-0.3, -0.25) is 9.78 Å². The maximum Gasteiger partial charge on any atom is 0.317 e. The molecule has 1 atom stereocenters. The lowest BCUT2D eigenvalue weighted by molar-refractivity contribution is -0.122. The summed E-state index contributed by atoms with van der Waals surface area (Å²) >= 11 is 0. The van der Waals surface area contributed by atoms with Crippen molar-refractivity contribution in [3.63, 3.8) is 0 Å². The Morgan fingerprint density at radius 1 is 1.26 bits per heavy atom. The number of ether oxygens (including phenoxy) is 1. The summed E-state index contributed by atoms with van der Waals surface area (Å²) in [7, 11) is 0. The van der Waals surface area contributed by atoms with Gasteiger partial charge in [0.25, 0.3) is 5.91 Å². The number of aromatic nitrogens is 1. The van der Waals surface area contributed by atoms with E-state index in [0.29, 0.717) is 18.0 Å². The third kappa shape index (κ3) is 5.19. The van der Waals surface area contributed by atoms with Crippen LogP contribution in [0, 0.1) is 5.92 Å². The van der Waals surface area contributed by atoms with Crippen LogP contribution in [-0.2, 0) is 4.74 Å². The monoisotopic (exact) mass is 374 g/mol. The highest BCUT2D eigenvalue weighted by Crippen LogP contribution is 2.37. The van der Waals surface area contributed by atoms with Gasteiger partial charge in [0.2, 0.25) is 0 Å². The smallest absolute Gasteiger partial charge is 0.317 e. The molecule has 2 fully saturated rings. The van der Waals surface area contributed by atoms with E-state index in [9.17, 15) is 9.59 Å². The van der Waals surface area contributed by atoms with Gasteiger partial charge in [-0.05, 0) is 50.2 Å². The molecule has 7 heteroatoms. The number of carbonyl (C=O) groups excluding carboxylic acids is 2. The van der Waals surface area contributed by atoms with E-state index in [4.69, 9.17) is 4.74 Å². The quantitative estimate of drug-likeness (QED) is 0.828. The number of urea groups is 1. The van der Waals surface area contributed by atoms with Crippen molar-refractivity contribution in [2.45, 2.75) is 44.6 Å². The molecule has 2 N–H and O–H groups in total. The molecule has 148 valence electrons. The van der Waals surface area contributed by atoms with Gasteiger partial charge in [0.1, 0.15) is 0 Å². The number of nitrogens with one attached hydrogen (secondary N) is 2. The maximum absolute atomic E-state index is 12.2. The van der Waals surface area contributed by atoms with Crippen molar-refractivity contribution in [1.29, 1.82) is 0 Å². The summed E-state index contributed by atoms with van der Waals surface area (Å²) in [4.78, 5) is 30.2. The number of likely N-dealkylation sites (tertiary alicyclic amines) is 1. The number of hydrogen-bond acceptors (Lipinski definition) is 4. The molecule has 0 bridgehead atoms. The predicted molar refractivity (Wildman–Crippen MR) is 102 cm³/mol. The largest absolute Gasteiger partial charge is 0.375 e. The fourth-order valence-corrected chi connectivity index (χ4v) is 3.96. The molecule has 3 heterocycles. The number of carbonyl (C=O) groups is 2. The molecule has 1 aromatic heterocycles. The van der Waals surface area contributed by atoms with Crippen LogP contribution in [0.1, 0.15) is 49.4 Å². The standard InChI is InChI=1S/C20H30N4O3/c1-2-8-22-19(26)24-11-6-20(7-12-24)14-16(5-13-27-20)15-23-18(25)17-3-9-21-10-4-17/h3-4,9-10,16H,2,5-8,11-15H2,1H3,(H,22,26)(H,23,25). The Balaban J connectivity index is 1.47. The van der Waals surface area contributed by atoms with Gasteiger partial charge in [-0.15, -0.1) is 0 Å². The van der Waals surface area contributed by atoms with Gasteiger partial charge in [0.15, 0.2) is 0 Å². The maximum atomic E-state index is 12.2. The topological polar surface area (TPSA) is 83.6 Å². The first kappa shape index (κ1) is 19.6. The molecule has 1 unspecified atom stereocenters. The Morgan fingerprint density at radius 2 is 2.00 bits per heavy atom. The number of nitrogens with zero attached hydrogens (tertiary/aromatic N) is 2. The molecule has 0 aromatic carbocycles. The lowest BCUT2D eigenvalue weighted by Crippen LogP contribution is -2.53. The highest BCUT2D eigenvalue weighted by Gasteiger charge is 2.41. The van der Waals surface area contributed by atoms with Crippen molar-refractivity contribution in [3.05, 3.63) is 30.1 Å². The first-order valence-corrected chi connectivity index (χ1v) is 9.97. The second-order valence-electron chi connectivity index (χ2n) is 7.56. The number of hydrogen-bond donors (Lipinski definition) is 2. The van der Waals surface area contributed by atoms with E-state index in [-0.39, 0.29) is 17.5 Å². The molecule has 0 saturated carbocycles. The molecule has 1 spiro atoms. The van der Waals surface area contributed by atoms with Gasteiger partial charge in [-0.2, -0.15) is 0 Å². The zero-order chi connectivity index (χ0) is 19.1. The van der Waals surface area contributed by atoms with Crippen LogP contribution in [0.2, 0.25) is 0 Å². The molecule has 1 aromatic rings. The van der Waals surface area contributed by atoms with Crippen molar-refractivity contribution in [1.82, 2.24) is 20.5 Å². The van der Waals surface area contributed by atoms with Crippen molar-refractivity contribution in [3.8, 4) is 0 Å². The van der Waals surface area contributed by atoms with Crippen molar-refractivity contribution >= 4 is 11.9 Å². The lowest BCUT2D eigenvalue weighted by Gasteiger charge is -2.46. The molecular weight excluding hydrogens is 344 g/mol. The molecule has 2 saturated heterocycles. The van der Waals surface area contributed by atoms with Crippen LogP contribution in [0.5, 0.6) is 0 Å². The summed E-state index contributed by atoms with van der Waals surface area (Å²) in [5, 5.41) is 5.99. The molecule has 2 aliphatic rings. The number of rotatable bonds is 5. The minimum absolute atomic E-state index is 0.0312. The normalized spacial score (nSPS) is 21.7. The summed E-state index contributed by atoms with van der Waals surface area (Å²) in [6.45, 7) is 5.60. The van der Waals surface area contributed by atoms with Crippen molar-refractivity contribution < 1.29 is 14.3 Å². The van der Waals surface area contributed by atoms with E-state index in [1.165, 1.54) is 0 Å². The molecule has 0 aliphatic carbocycles. The number of amides is 3. The van der Waals surface area contributed by atoms with Crippen LogP contribution >= 0.6 is 0 Å². The highest BCUT2D eigenvalue weighted by molar-refractivity contribution is 5.93. The third-order valence-electron chi connectivity index (χ3n) is 5.58. The first-order valence-electron chi connectivity index (χ1n) is 9.97. The first-order chi connectivity index (χ1) is 13.1. The fourth-order valence-electron chi connectivity index (χ4n) is 3.96. The van der Waals surface area contributed by atoms with E-state index in [1.807, 2.05) is 4.90 Å². The van der Waals surface area contributed by atoms with E-state index >= 15 is 0 Å². The Bertz CT molecular complexity index is 629. The van der Waals surface area contributed by atoms with Crippen LogP contribution in [0.25, 0.3) is 0 Å². The van der Waals surface area contributed by atoms with Gasteiger partial charge in [-0.1, -0.05) is 6.92 Å². The van der Waals surface area contributed by atoms with Crippen LogP contribution in [0.15, 0.2) is 24.5 Å². The highest BCUT2D eigenvalue weighted by atomic mass is 16.5. The van der Waals surface area contributed by atoms with Crippen LogP contribution < -0.4 is 10.6 Å². The van der Waals surface area contributed by atoms with Gasteiger partial charge >= 0.3 is 6.03 Å². The minimum Gasteiger partial charge on any atom is -0.375 e. The molecule has 27 heavy (non-hydrogen) atoms. The summed E-state index contributed by atoms with van der Waals surface area (Å²) in [5.74, 6) is 0.352. The van der Waals surface area contributed by atoms with Crippen molar-refractivity contribution in [2.24, 2.45) is 5.92 Å². The van der Waals surface area contributed by atoms with E-state index in [2.05, 4.69) is 22.5 Å². The van der Waals surface area contributed by atoms with Crippen LogP contribution in [0.4, 0.5) is 4.79 Å². The zero-order valence-corrected chi connectivity index (χ0v) is 16.1. The average Bonchev–Trinajstić information content (AvgIpc) is 2.71. The Kier molecular flexibility index (Phi) is 6.66. The molecule has 3 amide bonds.